The molecule has 1 heterocycles. The number of nitrogens with zero attached hydrogens (tertiary/aromatic N) is 1. The standard InChI is InChI=1S/C30H27NO3/c1-21-25-19-30(29(33)34-2,18-22-12-6-3-7-13-22)31(28(32)24-16-10-5-11-17-24)20-26(25)27(21)23-14-8-4-9-15-23/h3-17,19,21H,18,20H2,1-2H3. The van der Waals surface area contributed by atoms with Crippen LogP contribution in [0, 0.1) is 5.92 Å². The maximum atomic E-state index is 13.9. The van der Waals surface area contributed by atoms with Crippen LogP contribution in [0.2, 0.25) is 0 Å². The zero-order chi connectivity index (χ0) is 23.7. The lowest BCUT2D eigenvalue weighted by Gasteiger charge is -2.49. The number of ether oxygens (including phenoxy) is 1. The lowest BCUT2D eigenvalue weighted by molar-refractivity contribution is -0.150. The zero-order valence-electron chi connectivity index (χ0n) is 19.4. The van der Waals surface area contributed by atoms with Crippen molar-refractivity contribution in [2.75, 3.05) is 13.7 Å². The van der Waals surface area contributed by atoms with Gasteiger partial charge in [0.15, 0.2) is 5.54 Å². The van der Waals surface area contributed by atoms with Crippen molar-refractivity contribution < 1.29 is 14.3 Å². The Kier molecular flexibility index (Phi) is 5.66. The van der Waals surface area contributed by atoms with Gasteiger partial charge in [-0.05, 0) is 46.1 Å². The molecule has 4 heteroatoms. The highest BCUT2D eigenvalue weighted by Crippen LogP contribution is 2.51. The Hall–Kier alpha value is -3.92. The van der Waals surface area contributed by atoms with Crippen LogP contribution in [-0.4, -0.2) is 36.0 Å². The van der Waals surface area contributed by atoms with E-state index in [1.165, 1.54) is 12.7 Å². The largest absolute Gasteiger partial charge is 0.467 e. The molecular weight excluding hydrogens is 422 g/mol. The van der Waals surface area contributed by atoms with E-state index >= 15 is 0 Å². The molecule has 2 atom stereocenters. The van der Waals surface area contributed by atoms with Crippen molar-refractivity contribution in [1.29, 1.82) is 0 Å². The van der Waals surface area contributed by atoms with Crippen LogP contribution < -0.4 is 0 Å². The van der Waals surface area contributed by atoms with E-state index in [4.69, 9.17) is 4.74 Å². The summed E-state index contributed by atoms with van der Waals surface area (Å²) in [5.74, 6) is -0.435. The molecule has 4 nitrogen and oxygen atoms in total. The minimum absolute atomic E-state index is 0.172. The van der Waals surface area contributed by atoms with E-state index in [9.17, 15) is 9.59 Å². The maximum absolute atomic E-state index is 13.9. The Labute approximate surface area is 200 Å². The summed E-state index contributed by atoms with van der Waals surface area (Å²) in [6.07, 6.45) is 2.34. The van der Waals surface area contributed by atoms with Crippen molar-refractivity contribution in [3.63, 3.8) is 0 Å². The van der Waals surface area contributed by atoms with Crippen molar-refractivity contribution in [2.24, 2.45) is 5.92 Å². The second-order valence-corrected chi connectivity index (χ2v) is 8.92. The minimum Gasteiger partial charge on any atom is -0.467 e. The van der Waals surface area contributed by atoms with Gasteiger partial charge < -0.3 is 9.64 Å². The predicted molar refractivity (Wildman–Crippen MR) is 133 cm³/mol. The molecular formula is C30H27NO3. The number of rotatable bonds is 5. The quantitative estimate of drug-likeness (QED) is 0.495. The van der Waals surface area contributed by atoms with Gasteiger partial charge in [0.2, 0.25) is 0 Å². The highest BCUT2D eigenvalue weighted by atomic mass is 16.5. The fourth-order valence-corrected chi connectivity index (χ4v) is 5.28. The first-order valence-electron chi connectivity index (χ1n) is 11.6. The number of allylic oxidation sites excluding steroid dienone is 1. The van der Waals surface area contributed by atoms with Gasteiger partial charge in [0.25, 0.3) is 5.91 Å². The Morgan fingerprint density at radius 2 is 1.50 bits per heavy atom. The molecule has 3 aromatic rings. The first kappa shape index (κ1) is 21.9. The summed E-state index contributed by atoms with van der Waals surface area (Å²) in [6.45, 7) is 2.52. The third-order valence-corrected chi connectivity index (χ3v) is 6.97. The summed E-state index contributed by atoms with van der Waals surface area (Å²) in [6, 6.07) is 29.2. The van der Waals surface area contributed by atoms with Crippen LogP contribution in [0.4, 0.5) is 0 Å². The monoisotopic (exact) mass is 449 g/mol. The number of benzene rings is 3. The molecule has 170 valence electrons. The second kappa shape index (κ2) is 8.79. The molecule has 2 unspecified atom stereocenters. The summed E-state index contributed by atoms with van der Waals surface area (Å²) in [5.41, 5.74) is 4.93. The number of fused-ring (bicyclic) bond motifs is 1. The Bertz CT molecular complexity index is 1280. The molecule has 0 bridgehead atoms. The van der Waals surface area contributed by atoms with Crippen LogP contribution in [0.5, 0.6) is 0 Å². The normalized spacial score (nSPS) is 21.3. The highest BCUT2D eigenvalue weighted by Gasteiger charge is 2.52. The number of carbonyl (C=O) groups excluding carboxylic acids is 2. The summed E-state index contributed by atoms with van der Waals surface area (Å²) in [5, 5.41) is 0. The minimum atomic E-state index is -1.22. The van der Waals surface area contributed by atoms with Gasteiger partial charge in [0.05, 0.1) is 7.11 Å². The molecule has 0 aromatic heterocycles. The zero-order valence-corrected chi connectivity index (χ0v) is 19.4. The van der Waals surface area contributed by atoms with Crippen molar-refractivity contribution in [3.05, 3.63) is 125 Å². The molecule has 0 saturated carbocycles. The SMILES string of the molecule is COC(=O)C1(Cc2ccccc2)C=C2C(=C(c3ccccc3)C2C)CN1C(=O)c1ccccc1. The lowest BCUT2D eigenvalue weighted by Crippen LogP contribution is -2.61. The molecule has 1 amide bonds. The molecule has 0 spiro atoms. The third-order valence-electron chi connectivity index (χ3n) is 6.97. The smallest absolute Gasteiger partial charge is 0.336 e. The van der Waals surface area contributed by atoms with Crippen molar-refractivity contribution in [2.45, 2.75) is 18.9 Å². The average molecular weight is 450 g/mol. The van der Waals surface area contributed by atoms with Crippen LogP contribution in [-0.2, 0) is 16.0 Å². The van der Waals surface area contributed by atoms with E-state index in [1.807, 2.05) is 72.8 Å². The van der Waals surface area contributed by atoms with Gasteiger partial charge in [0.1, 0.15) is 0 Å². The average Bonchev–Trinajstić information content (AvgIpc) is 2.89. The van der Waals surface area contributed by atoms with E-state index in [0.717, 1.165) is 22.3 Å². The van der Waals surface area contributed by atoms with E-state index in [1.54, 1.807) is 17.0 Å². The number of hydrogen-bond donors (Lipinski definition) is 0. The third kappa shape index (κ3) is 3.56. The maximum Gasteiger partial charge on any atom is 0.336 e. The van der Waals surface area contributed by atoms with Gasteiger partial charge in [0, 0.05) is 24.4 Å². The summed E-state index contributed by atoms with van der Waals surface area (Å²) < 4.78 is 5.34. The van der Waals surface area contributed by atoms with Gasteiger partial charge in [-0.3, -0.25) is 4.79 Å². The Balaban J connectivity index is 1.69. The first-order valence-corrected chi connectivity index (χ1v) is 11.6. The summed E-state index contributed by atoms with van der Waals surface area (Å²) in [7, 11) is 1.39. The molecule has 0 saturated heterocycles. The number of carbonyl (C=O) groups is 2. The van der Waals surface area contributed by atoms with Gasteiger partial charge in [-0.2, -0.15) is 0 Å². The van der Waals surface area contributed by atoms with E-state index < -0.39 is 11.5 Å². The number of hydrogen-bond acceptors (Lipinski definition) is 3. The van der Waals surface area contributed by atoms with E-state index in [-0.39, 0.29) is 11.8 Å². The highest BCUT2D eigenvalue weighted by molar-refractivity contribution is 6.01. The van der Waals surface area contributed by atoms with Crippen molar-refractivity contribution >= 4 is 17.4 Å². The predicted octanol–water partition coefficient (Wildman–Crippen LogP) is 5.33. The van der Waals surface area contributed by atoms with Crippen molar-refractivity contribution in [1.82, 2.24) is 4.90 Å². The summed E-state index contributed by atoms with van der Waals surface area (Å²) >= 11 is 0. The topological polar surface area (TPSA) is 46.6 Å². The van der Waals surface area contributed by atoms with E-state index in [0.29, 0.717) is 18.5 Å². The van der Waals surface area contributed by atoms with Crippen LogP contribution in [0.25, 0.3) is 5.57 Å². The number of esters is 1. The molecule has 3 aromatic carbocycles. The van der Waals surface area contributed by atoms with Crippen LogP contribution in [0.3, 0.4) is 0 Å². The van der Waals surface area contributed by atoms with Crippen molar-refractivity contribution in [3.8, 4) is 0 Å². The van der Waals surface area contributed by atoms with Gasteiger partial charge in [-0.15, -0.1) is 0 Å². The molecule has 0 N–H and O–H groups in total. The van der Waals surface area contributed by atoms with Gasteiger partial charge >= 0.3 is 5.97 Å². The van der Waals surface area contributed by atoms with Gasteiger partial charge in [-0.25, -0.2) is 4.79 Å². The molecule has 1 aliphatic carbocycles. The van der Waals surface area contributed by atoms with Crippen LogP contribution >= 0.6 is 0 Å². The molecule has 0 radical (unpaired) electrons. The molecule has 5 rings (SSSR count). The fourth-order valence-electron chi connectivity index (χ4n) is 5.28. The Morgan fingerprint density at radius 3 is 2.12 bits per heavy atom. The lowest BCUT2D eigenvalue weighted by atomic mass is 9.65. The second-order valence-electron chi connectivity index (χ2n) is 8.92. The molecule has 1 aliphatic heterocycles. The molecule has 0 fully saturated rings. The number of amides is 1. The molecule has 2 aliphatic rings. The number of methoxy groups -OCH3 is 1. The van der Waals surface area contributed by atoms with Crippen LogP contribution in [0.1, 0.15) is 28.4 Å². The van der Waals surface area contributed by atoms with E-state index in [2.05, 4.69) is 19.1 Å². The first-order chi connectivity index (χ1) is 16.5. The fraction of sp³-hybridized carbons (Fsp3) is 0.200. The van der Waals surface area contributed by atoms with Crippen LogP contribution in [0.15, 0.2) is 108 Å². The summed E-state index contributed by atoms with van der Waals surface area (Å²) in [4.78, 5) is 29.1. The Morgan fingerprint density at radius 1 is 0.912 bits per heavy atom. The van der Waals surface area contributed by atoms with Gasteiger partial charge in [-0.1, -0.05) is 85.8 Å². The molecule has 34 heavy (non-hydrogen) atoms.